The maximum Gasteiger partial charge on any atom is 0.246 e. The van der Waals surface area contributed by atoms with Crippen LogP contribution in [0.2, 0.25) is 0 Å². The summed E-state index contributed by atoms with van der Waals surface area (Å²) in [5.74, 6) is 1.07. The number of nitrogens with zero attached hydrogens (tertiary/aromatic N) is 2. The first-order valence-corrected chi connectivity index (χ1v) is 9.61. The number of benzene rings is 1. The number of thiophene rings is 1. The van der Waals surface area contributed by atoms with Crippen LogP contribution in [0, 0.1) is 0 Å². The third kappa shape index (κ3) is 3.57. The van der Waals surface area contributed by atoms with Gasteiger partial charge >= 0.3 is 0 Å². The van der Waals surface area contributed by atoms with Crippen molar-refractivity contribution in [3.05, 3.63) is 58.1 Å². The highest BCUT2D eigenvalue weighted by Crippen LogP contribution is 2.30. The molecule has 1 fully saturated rings. The molecule has 2 aromatic heterocycles. The highest BCUT2D eigenvalue weighted by Gasteiger charge is 2.26. The lowest BCUT2D eigenvalue weighted by Crippen LogP contribution is -2.36. The quantitative estimate of drug-likeness (QED) is 0.711. The van der Waals surface area contributed by atoms with Crippen LogP contribution in [0.1, 0.15) is 35.1 Å². The van der Waals surface area contributed by atoms with Gasteiger partial charge in [-0.15, -0.1) is 11.3 Å². The summed E-state index contributed by atoms with van der Waals surface area (Å²) in [6.07, 6.45) is 5.16. The lowest BCUT2D eigenvalue weighted by atomic mass is 9.97. The topological polar surface area (TPSA) is 66.6 Å². The van der Waals surface area contributed by atoms with Crippen molar-refractivity contribution in [2.75, 3.05) is 13.1 Å². The van der Waals surface area contributed by atoms with Crippen LogP contribution in [-0.4, -0.2) is 34.0 Å². The molecule has 0 aliphatic carbocycles. The van der Waals surface area contributed by atoms with E-state index in [-0.39, 0.29) is 18.4 Å². The third-order valence-electron chi connectivity index (χ3n) is 4.71. The molecule has 1 aliphatic rings. The molecule has 0 bridgehead atoms. The molecular weight excluding hydrogens is 348 g/mol. The lowest BCUT2D eigenvalue weighted by Gasteiger charge is -2.29. The highest BCUT2D eigenvalue weighted by atomic mass is 32.1. The number of likely N-dealkylation sites (tertiary alicyclic amines) is 1. The fourth-order valence-electron chi connectivity index (χ4n) is 3.24. The first kappa shape index (κ1) is 17.0. The number of piperidine rings is 1. The second-order valence-electron chi connectivity index (χ2n) is 6.47. The number of hydrogen-bond donors (Lipinski definition) is 1. The molecule has 5 nitrogen and oxygen atoms in total. The minimum atomic E-state index is 0.0277. The van der Waals surface area contributed by atoms with Crippen molar-refractivity contribution >= 4 is 34.4 Å². The maximum atomic E-state index is 12.4. The van der Waals surface area contributed by atoms with E-state index in [0.717, 1.165) is 40.3 Å². The Bertz CT molecular complexity index is 902. The Balaban J connectivity index is 1.36. The Morgan fingerprint density at radius 1 is 1.35 bits per heavy atom. The molecule has 0 unspecified atom stereocenters. The summed E-state index contributed by atoms with van der Waals surface area (Å²) in [6.45, 7) is 1.44. The van der Waals surface area contributed by atoms with Gasteiger partial charge in [-0.2, -0.15) is 0 Å². The number of aliphatic hydroxyl groups excluding tert-OH is 1. The standard InChI is InChI=1S/C20H20N2O3S/c23-12-14-11-16(26-13-14)5-6-19(24)22-9-7-15(8-10-22)20-21-17-3-1-2-4-18(17)25-20/h1-6,11,13,15,23H,7-10,12H2/b6-5+. The van der Waals surface area contributed by atoms with Crippen LogP contribution in [0.15, 0.2) is 46.2 Å². The number of para-hydroxylation sites is 2. The van der Waals surface area contributed by atoms with E-state index in [1.165, 1.54) is 11.3 Å². The minimum absolute atomic E-state index is 0.0277. The number of fused-ring (bicyclic) bond motifs is 1. The van der Waals surface area contributed by atoms with Gasteiger partial charge < -0.3 is 14.4 Å². The van der Waals surface area contributed by atoms with Crippen LogP contribution in [0.4, 0.5) is 0 Å². The van der Waals surface area contributed by atoms with Gasteiger partial charge in [0, 0.05) is 30.0 Å². The summed E-state index contributed by atoms with van der Waals surface area (Å²) in [5, 5.41) is 11.0. The molecule has 6 heteroatoms. The molecule has 26 heavy (non-hydrogen) atoms. The molecule has 1 saturated heterocycles. The predicted octanol–water partition coefficient (Wildman–Crippen LogP) is 3.80. The van der Waals surface area contributed by atoms with Crippen molar-refractivity contribution in [2.24, 2.45) is 0 Å². The maximum absolute atomic E-state index is 12.4. The van der Waals surface area contributed by atoms with Gasteiger partial charge in [0.25, 0.3) is 0 Å². The van der Waals surface area contributed by atoms with E-state index < -0.39 is 0 Å². The zero-order chi connectivity index (χ0) is 17.9. The number of amides is 1. The van der Waals surface area contributed by atoms with Gasteiger partial charge in [-0.25, -0.2) is 4.98 Å². The van der Waals surface area contributed by atoms with Crippen LogP contribution >= 0.6 is 11.3 Å². The number of carbonyl (C=O) groups is 1. The van der Waals surface area contributed by atoms with Crippen molar-refractivity contribution in [3.8, 4) is 0 Å². The van der Waals surface area contributed by atoms with Gasteiger partial charge in [-0.1, -0.05) is 12.1 Å². The average Bonchev–Trinajstić information content (AvgIpc) is 3.32. The lowest BCUT2D eigenvalue weighted by molar-refractivity contribution is -0.127. The molecular formula is C20H20N2O3S. The molecule has 0 atom stereocenters. The van der Waals surface area contributed by atoms with Crippen LogP contribution in [0.5, 0.6) is 0 Å². The first-order chi connectivity index (χ1) is 12.7. The Morgan fingerprint density at radius 2 is 2.15 bits per heavy atom. The Morgan fingerprint density at radius 3 is 2.88 bits per heavy atom. The largest absolute Gasteiger partial charge is 0.440 e. The zero-order valence-electron chi connectivity index (χ0n) is 14.3. The number of rotatable bonds is 4. The molecule has 1 aliphatic heterocycles. The number of aromatic nitrogens is 1. The average molecular weight is 368 g/mol. The second kappa shape index (κ2) is 7.43. The molecule has 3 heterocycles. The Kier molecular flexibility index (Phi) is 4.86. The van der Waals surface area contributed by atoms with Gasteiger partial charge in [0.2, 0.25) is 5.91 Å². The summed E-state index contributed by atoms with van der Waals surface area (Å²) < 4.78 is 5.87. The van der Waals surface area contributed by atoms with Crippen LogP contribution < -0.4 is 0 Å². The molecule has 1 N–H and O–H groups in total. The van der Waals surface area contributed by atoms with Crippen molar-refractivity contribution in [1.82, 2.24) is 9.88 Å². The monoisotopic (exact) mass is 368 g/mol. The van der Waals surface area contributed by atoms with Crippen molar-refractivity contribution in [3.63, 3.8) is 0 Å². The molecule has 1 aromatic carbocycles. The van der Waals surface area contributed by atoms with Crippen LogP contribution in [-0.2, 0) is 11.4 Å². The summed E-state index contributed by atoms with van der Waals surface area (Å²) in [4.78, 5) is 19.8. The first-order valence-electron chi connectivity index (χ1n) is 8.73. The minimum Gasteiger partial charge on any atom is -0.440 e. The van der Waals surface area contributed by atoms with E-state index in [0.29, 0.717) is 13.1 Å². The fraction of sp³-hybridized carbons (Fsp3) is 0.300. The van der Waals surface area contributed by atoms with Gasteiger partial charge in [0.05, 0.1) is 6.61 Å². The van der Waals surface area contributed by atoms with E-state index in [4.69, 9.17) is 9.52 Å². The van der Waals surface area contributed by atoms with Crippen LogP contribution in [0.3, 0.4) is 0 Å². The number of oxazole rings is 1. The summed E-state index contributed by atoms with van der Waals surface area (Å²) in [6, 6.07) is 9.69. The van der Waals surface area contributed by atoms with E-state index in [1.54, 1.807) is 6.08 Å². The van der Waals surface area contributed by atoms with Crippen molar-refractivity contribution in [2.45, 2.75) is 25.4 Å². The van der Waals surface area contributed by atoms with Crippen molar-refractivity contribution in [1.29, 1.82) is 0 Å². The van der Waals surface area contributed by atoms with E-state index >= 15 is 0 Å². The normalized spacial score (nSPS) is 16.0. The number of carbonyl (C=O) groups excluding carboxylic acids is 1. The van der Waals surface area contributed by atoms with Gasteiger partial charge in [0.1, 0.15) is 5.52 Å². The zero-order valence-corrected chi connectivity index (χ0v) is 15.1. The van der Waals surface area contributed by atoms with Gasteiger partial charge in [-0.05, 0) is 48.1 Å². The number of aliphatic hydroxyl groups is 1. The fourth-order valence-corrected chi connectivity index (χ4v) is 4.03. The van der Waals surface area contributed by atoms with E-state index in [1.807, 2.05) is 46.7 Å². The molecule has 0 saturated carbocycles. The van der Waals surface area contributed by atoms with E-state index in [9.17, 15) is 4.79 Å². The summed E-state index contributed by atoms with van der Waals surface area (Å²) in [5.41, 5.74) is 2.59. The van der Waals surface area contributed by atoms with Gasteiger partial charge in [0.15, 0.2) is 11.5 Å². The summed E-state index contributed by atoms with van der Waals surface area (Å²) in [7, 11) is 0. The molecule has 3 aromatic rings. The SMILES string of the molecule is O=C(/C=C/c1cc(CO)cs1)N1CCC(c2nc3ccccc3o2)CC1. The molecule has 0 spiro atoms. The molecule has 134 valence electrons. The third-order valence-corrected chi connectivity index (χ3v) is 5.66. The second-order valence-corrected chi connectivity index (χ2v) is 7.41. The van der Waals surface area contributed by atoms with E-state index in [2.05, 4.69) is 4.98 Å². The Labute approximate surface area is 155 Å². The highest BCUT2D eigenvalue weighted by molar-refractivity contribution is 7.11. The van der Waals surface area contributed by atoms with Crippen molar-refractivity contribution < 1.29 is 14.3 Å². The Hall–Kier alpha value is -2.44. The van der Waals surface area contributed by atoms with Gasteiger partial charge in [-0.3, -0.25) is 4.79 Å². The molecule has 1 amide bonds. The number of hydrogen-bond acceptors (Lipinski definition) is 5. The predicted molar refractivity (Wildman–Crippen MR) is 102 cm³/mol. The van der Waals surface area contributed by atoms with Crippen LogP contribution in [0.25, 0.3) is 17.2 Å². The smallest absolute Gasteiger partial charge is 0.246 e. The molecule has 4 rings (SSSR count). The molecule has 0 radical (unpaired) electrons. The summed E-state index contributed by atoms with van der Waals surface area (Å²) >= 11 is 1.52.